The maximum Gasteiger partial charge on any atom is 0.322 e. The van der Waals surface area contributed by atoms with Crippen molar-refractivity contribution in [2.75, 3.05) is 38.3 Å². The molecule has 3 rings (SSSR count). The molecule has 162 valence electrons. The van der Waals surface area contributed by atoms with Gasteiger partial charge in [-0.3, -0.25) is 4.79 Å². The summed E-state index contributed by atoms with van der Waals surface area (Å²) in [7, 11) is 2.15. The average molecular weight is 430 g/mol. The Morgan fingerprint density at radius 1 is 1.20 bits per heavy atom. The average Bonchev–Trinajstić information content (AvgIpc) is 2.76. The van der Waals surface area contributed by atoms with Gasteiger partial charge >= 0.3 is 6.03 Å². The van der Waals surface area contributed by atoms with Crippen molar-refractivity contribution < 1.29 is 14.7 Å². The van der Waals surface area contributed by atoms with Crippen molar-refractivity contribution >= 4 is 30.0 Å². The quantitative estimate of drug-likeness (QED) is 0.530. The second kappa shape index (κ2) is 12.9. The fraction of sp³-hybridized carbons (Fsp3) is 0.391. The van der Waals surface area contributed by atoms with E-state index in [1.165, 1.54) is 5.56 Å². The molecule has 30 heavy (non-hydrogen) atoms. The van der Waals surface area contributed by atoms with E-state index in [4.69, 9.17) is 9.90 Å². The molecule has 1 aliphatic rings. The Kier molecular flexibility index (Phi) is 10.2. The van der Waals surface area contributed by atoms with Gasteiger partial charge in [0, 0.05) is 23.2 Å². The van der Waals surface area contributed by atoms with Crippen LogP contribution in [-0.4, -0.2) is 66.4 Å². The topological polar surface area (TPSA) is 72.9 Å². The first-order valence-corrected chi connectivity index (χ1v) is 11.3. The van der Waals surface area contributed by atoms with Gasteiger partial charge in [-0.25, -0.2) is 4.79 Å². The number of amides is 2. The van der Waals surface area contributed by atoms with Crippen LogP contribution >= 0.6 is 11.8 Å². The summed E-state index contributed by atoms with van der Waals surface area (Å²) in [5, 5.41) is 10.0. The molecule has 2 amide bonds. The summed E-state index contributed by atoms with van der Waals surface area (Å²) < 4.78 is 0. The van der Waals surface area contributed by atoms with E-state index in [1.807, 2.05) is 35.4 Å². The van der Waals surface area contributed by atoms with E-state index in [2.05, 4.69) is 47.6 Å². The van der Waals surface area contributed by atoms with E-state index in [9.17, 15) is 4.79 Å². The molecule has 0 unspecified atom stereocenters. The normalized spacial score (nSPS) is 14.3. The van der Waals surface area contributed by atoms with Crippen molar-refractivity contribution in [3.63, 3.8) is 0 Å². The first-order chi connectivity index (χ1) is 14.6. The van der Waals surface area contributed by atoms with Crippen LogP contribution in [0.1, 0.15) is 18.4 Å². The monoisotopic (exact) mass is 429 g/mol. The number of carboxylic acid groups (broad SMARTS) is 1. The van der Waals surface area contributed by atoms with Crippen molar-refractivity contribution in [1.29, 1.82) is 0 Å². The molecule has 0 aromatic heterocycles. The number of nitrogens with zero attached hydrogens (tertiary/aromatic N) is 2. The van der Waals surface area contributed by atoms with Gasteiger partial charge in [0.05, 0.1) is 0 Å². The number of nitrogens with one attached hydrogen (secondary N) is 1. The molecule has 0 bridgehead atoms. The molecule has 6 nitrogen and oxygen atoms in total. The second-order valence-corrected chi connectivity index (χ2v) is 8.11. The van der Waals surface area contributed by atoms with Crippen LogP contribution in [0.15, 0.2) is 59.5 Å². The highest BCUT2D eigenvalue weighted by Gasteiger charge is 2.26. The van der Waals surface area contributed by atoms with Gasteiger partial charge in [0.2, 0.25) is 0 Å². The number of benzene rings is 2. The number of piperidine rings is 1. The number of rotatable bonds is 6. The van der Waals surface area contributed by atoms with Crippen LogP contribution in [-0.2, 0) is 11.2 Å². The van der Waals surface area contributed by atoms with E-state index >= 15 is 0 Å². The number of anilines is 1. The Balaban J connectivity index is 0.00000101. The molecule has 2 aromatic carbocycles. The van der Waals surface area contributed by atoms with Crippen LogP contribution in [0.4, 0.5) is 10.5 Å². The van der Waals surface area contributed by atoms with Crippen molar-refractivity contribution in [1.82, 2.24) is 9.80 Å². The highest BCUT2D eigenvalue weighted by molar-refractivity contribution is 7.98. The van der Waals surface area contributed by atoms with Gasteiger partial charge in [-0.15, -0.1) is 11.8 Å². The van der Waals surface area contributed by atoms with Gasteiger partial charge in [0.1, 0.15) is 0 Å². The summed E-state index contributed by atoms with van der Waals surface area (Å²) in [6, 6.07) is 18.8. The van der Waals surface area contributed by atoms with E-state index in [0.717, 1.165) is 49.5 Å². The molecule has 1 saturated heterocycles. The zero-order valence-electron chi connectivity index (χ0n) is 17.7. The maximum absolute atomic E-state index is 13.1. The largest absolute Gasteiger partial charge is 0.483 e. The van der Waals surface area contributed by atoms with E-state index in [0.29, 0.717) is 6.04 Å². The van der Waals surface area contributed by atoms with Crippen LogP contribution in [0, 0.1) is 0 Å². The standard InChI is InChI=1S/C22H29N3OS.CH2O2/c1-24-14-12-20(13-15-24)25(16-11-18-7-4-3-5-8-18)22(26)23-19-9-6-10-21(17-19)27-2;2-1-3/h3-10,17,20H,11-16H2,1-2H3,(H,23,26);1H,(H,2,3). The number of urea groups is 1. The van der Waals surface area contributed by atoms with Crippen LogP contribution in [0.2, 0.25) is 0 Å². The number of carbonyl (C=O) groups excluding carboxylic acids is 1. The van der Waals surface area contributed by atoms with E-state index in [-0.39, 0.29) is 12.5 Å². The molecule has 7 heteroatoms. The fourth-order valence-corrected chi connectivity index (χ4v) is 4.01. The summed E-state index contributed by atoms with van der Waals surface area (Å²) in [4.78, 5) is 27.0. The first-order valence-electron chi connectivity index (χ1n) is 10.1. The smallest absolute Gasteiger partial charge is 0.322 e. The van der Waals surface area contributed by atoms with Crippen LogP contribution < -0.4 is 5.32 Å². The van der Waals surface area contributed by atoms with Gasteiger partial charge in [0.25, 0.3) is 6.47 Å². The molecule has 0 aliphatic carbocycles. The summed E-state index contributed by atoms with van der Waals surface area (Å²) in [6.45, 7) is 2.58. The number of carbonyl (C=O) groups is 2. The lowest BCUT2D eigenvalue weighted by atomic mass is 10.0. The lowest BCUT2D eigenvalue weighted by Gasteiger charge is -2.37. The third-order valence-corrected chi connectivity index (χ3v) is 5.92. The Labute approximate surface area is 183 Å². The van der Waals surface area contributed by atoms with Gasteiger partial charge < -0.3 is 20.2 Å². The highest BCUT2D eigenvalue weighted by Crippen LogP contribution is 2.21. The Hall–Kier alpha value is -2.51. The molecule has 2 aromatic rings. The van der Waals surface area contributed by atoms with Crippen molar-refractivity contribution in [2.45, 2.75) is 30.2 Å². The molecular formula is C23H31N3O3S. The van der Waals surface area contributed by atoms with Gasteiger partial charge in [-0.2, -0.15) is 0 Å². The molecular weight excluding hydrogens is 398 g/mol. The molecule has 0 spiro atoms. The minimum absolute atomic E-state index is 0.0127. The molecule has 1 aliphatic heterocycles. The molecule has 1 heterocycles. The third-order valence-electron chi connectivity index (χ3n) is 5.19. The molecule has 0 atom stereocenters. The Morgan fingerprint density at radius 3 is 2.50 bits per heavy atom. The van der Waals surface area contributed by atoms with Crippen molar-refractivity contribution in [3.8, 4) is 0 Å². The third kappa shape index (κ3) is 7.72. The fourth-order valence-electron chi connectivity index (χ4n) is 3.55. The summed E-state index contributed by atoms with van der Waals surface area (Å²) in [6.07, 6.45) is 4.99. The van der Waals surface area contributed by atoms with Crippen LogP contribution in [0.25, 0.3) is 0 Å². The van der Waals surface area contributed by atoms with Crippen LogP contribution in [0.5, 0.6) is 0 Å². The predicted molar refractivity (Wildman–Crippen MR) is 123 cm³/mol. The van der Waals surface area contributed by atoms with Gasteiger partial charge in [-0.1, -0.05) is 36.4 Å². The predicted octanol–water partition coefficient (Wildman–Crippen LogP) is 4.28. The first kappa shape index (κ1) is 23.8. The minimum Gasteiger partial charge on any atom is -0.483 e. The zero-order chi connectivity index (χ0) is 21.8. The second-order valence-electron chi connectivity index (χ2n) is 7.23. The van der Waals surface area contributed by atoms with Crippen LogP contribution in [0.3, 0.4) is 0 Å². The number of likely N-dealkylation sites (tertiary alicyclic amines) is 1. The van der Waals surface area contributed by atoms with E-state index < -0.39 is 0 Å². The van der Waals surface area contributed by atoms with Gasteiger partial charge in [0.15, 0.2) is 0 Å². The molecule has 2 N–H and O–H groups in total. The van der Waals surface area contributed by atoms with Crippen molar-refractivity contribution in [3.05, 3.63) is 60.2 Å². The summed E-state index contributed by atoms with van der Waals surface area (Å²) >= 11 is 1.68. The Morgan fingerprint density at radius 2 is 1.87 bits per heavy atom. The Bertz CT molecular complexity index is 780. The molecule has 0 saturated carbocycles. The summed E-state index contributed by atoms with van der Waals surface area (Å²) in [5.41, 5.74) is 2.14. The maximum atomic E-state index is 13.1. The molecule has 0 radical (unpaired) electrons. The number of hydrogen-bond donors (Lipinski definition) is 2. The molecule has 1 fully saturated rings. The number of thioether (sulfide) groups is 1. The van der Waals surface area contributed by atoms with Gasteiger partial charge in [-0.05, 0) is 69.4 Å². The lowest BCUT2D eigenvalue weighted by Crippen LogP contribution is -2.48. The SMILES string of the molecule is CSc1cccc(NC(=O)N(CCc2ccccc2)C2CCN(C)CC2)c1.O=CO. The van der Waals surface area contributed by atoms with E-state index in [1.54, 1.807) is 11.8 Å². The lowest BCUT2D eigenvalue weighted by molar-refractivity contribution is -0.122. The van der Waals surface area contributed by atoms with Crippen molar-refractivity contribution in [2.24, 2.45) is 0 Å². The zero-order valence-corrected chi connectivity index (χ0v) is 18.5. The summed E-state index contributed by atoms with van der Waals surface area (Å²) in [5.74, 6) is 0. The minimum atomic E-state index is -0.250. The highest BCUT2D eigenvalue weighted by atomic mass is 32.2. The number of hydrogen-bond acceptors (Lipinski definition) is 4.